The summed E-state index contributed by atoms with van der Waals surface area (Å²) < 4.78 is 5.67. The zero-order chi connectivity index (χ0) is 27.0. The molecule has 0 spiro atoms. The van der Waals surface area contributed by atoms with Gasteiger partial charge in [-0.3, -0.25) is 19.2 Å². The maximum atomic E-state index is 13.4. The van der Waals surface area contributed by atoms with Crippen LogP contribution in [0, 0.1) is 50.4 Å². The van der Waals surface area contributed by atoms with E-state index in [-0.39, 0.29) is 64.0 Å². The van der Waals surface area contributed by atoms with Gasteiger partial charge in [-0.05, 0) is 80.0 Å². The molecule has 2 bridgehead atoms. The maximum Gasteiger partial charge on any atom is 0.316 e. The Labute approximate surface area is 238 Å². The molecule has 2 aromatic carbocycles. The van der Waals surface area contributed by atoms with E-state index >= 15 is 0 Å². The Morgan fingerprint density at radius 2 is 1.55 bits per heavy atom. The number of aryl methyl sites for hydroxylation is 2. The highest BCUT2D eigenvalue weighted by atomic mass is 79.9. The molecule has 9 heteroatoms. The minimum Gasteiger partial charge on any atom is -0.426 e. The SMILES string of the molecule is Cc1cc(OC(=O)[C@@H]2CC(=O)N(c3cccc(C)c3C)C2)ccc1N1C(=O)[C@@H]2[C@H]3C[C@@H]([C@@H](Br)[C@H]3Br)[C@H]2C1=O. The van der Waals surface area contributed by atoms with Crippen LogP contribution >= 0.6 is 31.9 Å². The van der Waals surface area contributed by atoms with Crippen molar-refractivity contribution in [1.82, 2.24) is 0 Å². The van der Waals surface area contributed by atoms with Gasteiger partial charge in [-0.1, -0.05) is 44.0 Å². The van der Waals surface area contributed by atoms with Crippen LogP contribution in [0.1, 0.15) is 29.5 Å². The molecular weight excluding hydrogens is 616 g/mol. The van der Waals surface area contributed by atoms with Crippen molar-refractivity contribution in [3.63, 3.8) is 0 Å². The molecule has 0 radical (unpaired) electrons. The number of ether oxygens (including phenoxy) is 1. The first-order valence-corrected chi connectivity index (χ1v) is 14.8. The van der Waals surface area contributed by atoms with E-state index < -0.39 is 11.9 Å². The Balaban J connectivity index is 1.17. The van der Waals surface area contributed by atoms with Gasteiger partial charge in [0.1, 0.15) is 5.75 Å². The van der Waals surface area contributed by atoms with Crippen molar-refractivity contribution in [2.45, 2.75) is 43.3 Å². The number of hydrogen-bond acceptors (Lipinski definition) is 5. The number of anilines is 2. The van der Waals surface area contributed by atoms with E-state index in [0.29, 0.717) is 17.0 Å². The van der Waals surface area contributed by atoms with E-state index in [1.165, 1.54) is 4.90 Å². The lowest BCUT2D eigenvalue weighted by atomic mass is 9.81. The number of halogens is 2. The van der Waals surface area contributed by atoms with Gasteiger partial charge in [-0.25, -0.2) is 4.90 Å². The number of fused-ring (bicyclic) bond motifs is 5. The Bertz CT molecular complexity index is 1360. The number of rotatable bonds is 4. The van der Waals surface area contributed by atoms with Crippen molar-refractivity contribution >= 4 is 66.9 Å². The van der Waals surface area contributed by atoms with Gasteiger partial charge >= 0.3 is 5.97 Å². The fourth-order valence-electron chi connectivity index (χ4n) is 6.85. The highest BCUT2D eigenvalue weighted by molar-refractivity contribution is 9.12. The highest BCUT2D eigenvalue weighted by Gasteiger charge is 2.66. The molecule has 6 rings (SSSR count). The van der Waals surface area contributed by atoms with Gasteiger partial charge in [0.2, 0.25) is 17.7 Å². The molecule has 0 N–H and O–H groups in total. The van der Waals surface area contributed by atoms with Gasteiger partial charge in [0.15, 0.2) is 0 Å². The Hall–Kier alpha value is -2.52. The summed E-state index contributed by atoms with van der Waals surface area (Å²) >= 11 is 7.44. The third-order valence-corrected chi connectivity index (χ3v) is 12.1. The summed E-state index contributed by atoms with van der Waals surface area (Å²) in [5.41, 5.74) is 4.13. The summed E-state index contributed by atoms with van der Waals surface area (Å²) in [5.74, 6) is -1.38. The van der Waals surface area contributed by atoms with E-state index in [4.69, 9.17) is 4.74 Å². The van der Waals surface area contributed by atoms with E-state index in [0.717, 1.165) is 23.2 Å². The summed E-state index contributed by atoms with van der Waals surface area (Å²) in [4.78, 5) is 55.9. The van der Waals surface area contributed by atoms with Gasteiger partial charge < -0.3 is 9.64 Å². The van der Waals surface area contributed by atoms with Crippen LogP contribution in [0.2, 0.25) is 0 Å². The second-order valence-corrected chi connectivity index (χ2v) is 13.1. The molecule has 2 aliphatic carbocycles. The lowest BCUT2D eigenvalue weighted by molar-refractivity contribution is -0.139. The molecule has 2 heterocycles. The molecule has 3 amide bonds. The standard InChI is InChI=1S/C29H28Br2N2O5/c1-13-5-4-6-21(15(13)3)32-12-16(10-22(32)34)29(37)38-17-7-8-20(14(2)9-17)33-27(35)23-18-11-19(24(23)28(33)36)26(31)25(18)30/h4-9,16,18-19,23-26H,10-12H2,1-3H3/t16-,18-,19-,23-,24-,25-,26+/m1/s1. The monoisotopic (exact) mass is 642 g/mol. The summed E-state index contributed by atoms with van der Waals surface area (Å²) in [7, 11) is 0. The van der Waals surface area contributed by atoms with Crippen molar-refractivity contribution in [3.05, 3.63) is 53.1 Å². The Morgan fingerprint density at radius 1 is 0.895 bits per heavy atom. The molecule has 2 saturated heterocycles. The Kier molecular flexibility index (Phi) is 6.30. The predicted octanol–water partition coefficient (Wildman–Crippen LogP) is 4.85. The minimum absolute atomic E-state index is 0.0916. The first kappa shape index (κ1) is 25.7. The number of imide groups is 1. The fraction of sp³-hybridized carbons (Fsp3) is 0.448. The van der Waals surface area contributed by atoms with Crippen LogP contribution in [0.4, 0.5) is 11.4 Å². The maximum absolute atomic E-state index is 13.4. The number of carbonyl (C=O) groups is 4. The first-order chi connectivity index (χ1) is 18.1. The van der Waals surface area contributed by atoms with E-state index in [1.807, 2.05) is 32.0 Å². The van der Waals surface area contributed by atoms with Crippen molar-refractivity contribution in [2.24, 2.45) is 29.6 Å². The molecular formula is C29H28Br2N2O5. The van der Waals surface area contributed by atoms with Crippen LogP contribution in [0.3, 0.4) is 0 Å². The van der Waals surface area contributed by atoms with Crippen LogP contribution < -0.4 is 14.5 Å². The molecule has 4 aliphatic rings. The second-order valence-electron chi connectivity index (χ2n) is 11.0. The van der Waals surface area contributed by atoms with Crippen LogP contribution in [-0.4, -0.2) is 39.9 Å². The molecule has 0 aromatic heterocycles. The zero-order valence-electron chi connectivity index (χ0n) is 21.3. The number of esters is 1. The van der Waals surface area contributed by atoms with Crippen molar-refractivity contribution in [2.75, 3.05) is 16.3 Å². The lowest BCUT2D eigenvalue weighted by Gasteiger charge is -2.28. The van der Waals surface area contributed by atoms with Crippen LogP contribution in [-0.2, 0) is 19.2 Å². The Morgan fingerprint density at radius 3 is 2.18 bits per heavy atom. The van der Waals surface area contributed by atoms with E-state index in [9.17, 15) is 19.2 Å². The third kappa shape index (κ3) is 3.79. The highest BCUT2D eigenvalue weighted by Crippen LogP contribution is 2.60. The van der Waals surface area contributed by atoms with Gasteiger partial charge in [-0.2, -0.15) is 0 Å². The molecule has 2 aliphatic heterocycles. The molecule has 198 valence electrons. The normalized spacial score (nSPS) is 31.9. The van der Waals surface area contributed by atoms with Gasteiger partial charge in [0, 0.05) is 28.3 Å². The molecule has 2 aromatic rings. The topological polar surface area (TPSA) is 84.0 Å². The molecule has 2 saturated carbocycles. The van der Waals surface area contributed by atoms with Crippen molar-refractivity contribution in [1.29, 1.82) is 0 Å². The van der Waals surface area contributed by atoms with Crippen LogP contribution in [0.25, 0.3) is 0 Å². The quantitative estimate of drug-likeness (QED) is 0.206. The third-order valence-electron chi connectivity index (χ3n) is 8.94. The smallest absolute Gasteiger partial charge is 0.316 e. The van der Waals surface area contributed by atoms with Crippen molar-refractivity contribution in [3.8, 4) is 5.75 Å². The number of nitrogens with zero attached hydrogens (tertiary/aromatic N) is 2. The van der Waals surface area contributed by atoms with Gasteiger partial charge in [-0.15, -0.1) is 0 Å². The van der Waals surface area contributed by atoms with Crippen molar-refractivity contribution < 1.29 is 23.9 Å². The minimum atomic E-state index is -0.576. The summed E-state index contributed by atoms with van der Waals surface area (Å²) in [5, 5.41) is 0. The zero-order valence-corrected chi connectivity index (χ0v) is 24.5. The number of benzene rings is 2. The summed E-state index contributed by atoms with van der Waals surface area (Å²) in [6.45, 7) is 6.04. The fourth-order valence-corrected chi connectivity index (χ4v) is 8.73. The average Bonchev–Trinajstić information content (AvgIpc) is 3.59. The molecule has 7 atom stereocenters. The van der Waals surface area contributed by atoms with Crippen LogP contribution in [0.5, 0.6) is 5.75 Å². The predicted molar refractivity (Wildman–Crippen MR) is 150 cm³/mol. The second kappa shape index (κ2) is 9.30. The van der Waals surface area contributed by atoms with Crippen LogP contribution in [0.15, 0.2) is 36.4 Å². The molecule has 38 heavy (non-hydrogen) atoms. The molecule has 7 nitrogen and oxygen atoms in total. The largest absolute Gasteiger partial charge is 0.426 e. The van der Waals surface area contributed by atoms with Gasteiger partial charge in [0.05, 0.1) is 23.4 Å². The van der Waals surface area contributed by atoms with Gasteiger partial charge in [0.25, 0.3) is 0 Å². The number of carbonyl (C=O) groups excluding carboxylic acids is 4. The summed E-state index contributed by atoms with van der Waals surface area (Å²) in [6.07, 6.45) is 0.971. The molecule has 0 unspecified atom stereocenters. The molecule has 4 fully saturated rings. The summed E-state index contributed by atoms with van der Waals surface area (Å²) in [6, 6.07) is 10.8. The first-order valence-electron chi connectivity index (χ1n) is 12.9. The number of alkyl halides is 2. The number of hydrogen-bond donors (Lipinski definition) is 0. The van der Waals surface area contributed by atoms with E-state index in [1.54, 1.807) is 30.0 Å². The lowest BCUT2D eigenvalue weighted by Crippen LogP contribution is -2.37. The van der Waals surface area contributed by atoms with E-state index in [2.05, 4.69) is 31.9 Å². The average molecular weight is 644 g/mol. The number of amides is 3.